The van der Waals surface area contributed by atoms with Crippen LogP contribution in [0.3, 0.4) is 0 Å². The van der Waals surface area contributed by atoms with Gasteiger partial charge in [0.25, 0.3) is 0 Å². The number of ether oxygens (including phenoxy) is 3. The van der Waals surface area contributed by atoms with Crippen molar-refractivity contribution in [3.8, 4) is 17.2 Å². The molecule has 4 rings (SSSR count). The number of hydrogen-bond acceptors (Lipinski definition) is 6. The Kier molecular flexibility index (Phi) is 9.60. The fourth-order valence-corrected chi connectivity index (χ4v) is 4.80. The maximum absolute atomic E-state index is 11.2. The van der Waals surface area contributed by atoms with Crippen LogP contribution in [0.4, 0.5) is 0 Å². The van der Waals surface area contributed by atoms with Gasteiger partial charge in [0.05, 0.1) is 35.6 Å². The van der Waals surface area contributed by atoms with Crippen LogP contribution in [0.1, 0.15) is 36.8 Å². The highest BCUT2D eigenvalue weighted by atomic mass is 35.5. The molecular weight excluding hydrogens is 513 g/mol. The second kappa shape index (κ2) is 12.9. The second-order valence-corrected chi connectivity index (χ2v) is 10.5. The van der Waals surface area contributed by atoms with E-state index < -0.39 is 5.60 Å². The molecule has 0 amide bonds. The van der Waals surface area contributed by atoms with Crippen molar-refractivity contribution in [2.75, 3.05) is 33.4 Å². The van der Waals surface area contributed by atoms with Crippen molar-refractivity contribution in [1.29, 1.82) is 0 Å². The number of nitrogens with zero attached hydrogens (tertiary/aromatic N) is 3. The molecule has 1 saturated heterocycles. The van der Waals surface area contributed by atoms with Crippen molar-refractivity contribution in [3.63, 3.8) is 0 Å². The Morgan fingerprint density at radius 3 is 2.65 bits per heavy atom. The van der Waals surface area contributed by atoms with E-state index in [0.717, 1.165) is 61.6 Å². The summed E-state index contributed by atoms with van der Waals surface area (Å²) in [4.78, 5) is 2.36. The Hall–Kier alpha value is -2.45. The predicted octanol–water partition coefficient (Wildman–Crippen LogP) is 5.77. The minimum atomic E-state index is -0.887. The number of methoxy groups -OCH3 is 1. The van der Waals surface area contributed by atoms with Crippen molar-refractivity contribution < 1.29 is 19.3 Å². The van der Waals surface area contributed by atoms with Gasteiger partial charge in [0.15, 0.2) is 11.5 Å². The molecule has 0 bridgehead atoms. The summed E-state index contributed by atoms with van der Waals surface area (Å²) in [5, 5.41) is 16.4. The molecule has 1 N–H and O–H groups in total. The molecule has 2 aromatic carbocycles. The summed E-state index contributed by atoms with van der Waals surface area (Å²) in [5.74, 6) is 2.08. The average Bonchev–Trinajstić information content (AvgIpc) is 3.21. The lowest BCUT2D eigenvalue weighted by molar-refractivity contribution is -0.0168. The second-order valence-electron chi connectivity index (χ2n) is 9.69. The molecule has 37 heavy (non-hydrogen) atoms. The van der Waals surface area contributed by atoms with E-state index in [0.29, 0.717) is 35.2 Å². The lowest BCUT2D eigenvalue weighted by Gasteiger charge is -2.27. The molecule has 1 atom stereocenters. The van der Waals surface area contributed by atoms with E-state index in [1.54, 1.807) is 25.3 Å². The third kappa shape index (κ3) is 8.01. The first-order chi connectivity index (χ1) is 17.8. The Labute approximate surface area is 228 Å². The SMILES string of the molecule is COc1ccc(CN2CCCC(O)(COc3ccc(Cl)c(Cl)c3)CC2)cc1OCCCn1cc(C)cn1. The minimum absolute atomic E-state index is 0.220. The standard InChI is InChI=1S/C28H35Cl2N3O4/c1-21-17-31-33(18-21)12-4-14-36-27-15-22(5-8-26(27)35-2)19-32-11-3-9-28(34,10-13-32)20-37-23-6-7-24(29)25(30)16-23/h5-8,15-18,34H,3-4,9-14,19-20H2,1-2H3. The smallest absolute Gasteiger partial charge is 0.161 e. The number of halogens is 2. The summed E-state index contributed by atoms with van der Waals surface area (Å²) < 4.78 is 19.4. The monoisotopic (exact) mass is 547 g/mol. The third-order valence-corrected chi connectivity index (χ3v) is 7.33. The van der Waals surface area contributed by atoms with E-state index in [4.69, 9.17) is 37.4 Å². The third-order valence-electron chi connectivity index (χ3n) is 6.59. The Morgan fingerprint density at radius 2 is 1.89 bits per heavy atom. The molecule has 2 heterocycles. The van der Waals surface area contributed by atoms with Gasteiger partial charge in [-0.15, -0.1) is 0 Å². The van der Waals surface area contributed by atoms with Gasteiger partial charge in [-0.05, 0) is 68.1 Å². The Bertz CT molecular complexity index is 1170. The van der Waals surface area contributed by atoms with Gasteiger partial charge < -0.3 is 19.3 Å². The van der Waals surface area contributed by atoms with Crippen LogP contribution in [0.5, 0.6) is 17.2 Å². The molecule has 1 aliphatic rings. The number of benzene rings is 2. The summed E-state index contributed by atoms with van der Waals surface area (Å²) in [5.41, 5.74) is 1.42. The zero-order valence-electron chi connectivity index (χ0n) is 21.5. The minimum Gasteiger partial charge on any atom is -0.493 e. The summed E-state index contributed by atoms with van der Waals surface area (Å²) in [6, 6.07) is 11.2. The molecule has 200 valence electrons. The normalized spacial score (nSPS) is 18.4. The van der Waals surface area contributed by atoms with Crippen LogP contribution in [-0.4, -0.2) is 58.8 Å². The quantitative estimate of drug-likeness (QED) is 0.307. The van der Waals surface area contributed by atoms with Crippen LogP contribution in [0, 0.1) is 6.92 Å². The van der Waals surface area contributed by atoms with Gasteiger partial charge in [0, 0.05) is 38.3 Å². The summed E-state index contributed by atoms with van der Waals surface area (Å²) in [7, 11) is 1.66. The average molecular weight is 549 g/mol. The van der Waals surface area contributed by atoms with Crippen molar-refractivity contribution in [2.45, 2.75) is 51.3 Å². The summed E-state index contributed by atoms with van der Waals surface area (Å²) in [6.45, 7) is 6.09. The van der Waals surface area contributed by atoms with Crippen molar-refractivity contribution >= 4 is 23.2 Å². The van der Waals surface area contributed by atoms with Crippen LogP contribution < -0.4 is 14.2 Å². The van der Waals surface area contributed by atoms with Gasteiger partial charge in [-0.25, -0.2) is 0 Å². The van der Waals surface area contributed by atoms with Crippen molar-refractivity contribution in [3.05, 3.63) is 70.0 Å². The summed E-state index contributed by atoms with van der Waals surface area (Å²) in [6.07, 6.45) is 6.93. The lowest BCUT2D eigenvalue weighted by atomic mass is 9.96. The first-order valence-electron chi connectivity index (χ1n) is 12.6. The summed E-state index contributed by atoms with van der Waals surface area (Å²) >= 11 is 12.1. The molecule has 7 nitrogen and oxygen atoms in total. The topological polar surface area (TPSA) is 69.0 Å². The lowest BCUT2D eigenvalue weighted by Crippen LogP contribution is -2.37. The molecule has 0 radical (unpaired) electrons. The molecule has 0 saturated carbocycles. The largest absolute Gasteiger partial charge is 0.493 e. The van der Waals surface area contributed by atoms with E-state index in [1.165, 1.54) is 0 Å². The predicted molar refractivity (Wildman–Crippen MR) is 146 cm³/mol. The first kappa shape index (κ1) is 27.6. The maximum atomic E-state index is 11.2. The van der Waals surface area contributed by atoms with Crippen molar-refractivity contribution in [2.24, 2.45) is 0 Å². The van der Waals surface area contributed by atoms with E-state index in [-0.39, 0.29) is 6.61 Å². The van der Waals surface area contributed by atoms with Gasteiger partial charge >= 0.3 is 0 Å². The highest BCUT2D eigenvalue weighted by molar-refractivity contribution is 6.42. The number of aromatic nitrogens is 2. The van der Waals surface area contributed by atoms with Gasteiger partial charge in [-0.1, -0.05) is 29.3 Å². The zero-order chi connectivity index (χ0) is 26.3. The van der Waals surface area contributed by atoms with E-state index >= 15 is 0 Å². The fourth-order valence-electron chi connectivity index (χ4n) is 4.51. The number of likely N-dealkylation sites (tertiary alicyclic amines) is 1. The number of aliphatic hydroxyl groups is 1. The molecule has 1 aromatic heterocycles. The van der Waals surface area contributed by atoms with Crippen LogP contribution in [0.25, 0.3) is 0 Å². The van der Waals surface area contributed by atoms with Crippen LogP contribution in [0.15, 0.2) is 48.8 Å². The van der Waals surface area contributed by atoms with Gasteiger partial charge in [-0.3, -0.25) is 9.58 Å². The number of aryl methyl sites for hydroxylation is 2. The molecular formula is C28H35Cl2N3O4. The van der Waals surface area contributed by atoms with Crippen molar-refractivity contribution in [1.82, 2.24) is 14.7 Å². The molecule has 3 aromatic rings. The highest BCUT2D eigenvalue weighted by Gasteiger charge is 2.31. The van der Waals surface area contributed by atoms with Crippen LogP contribution >= 0.6 is 23.2 Å². The first-order valence-corrected chi connectivity index (χ1v) is 13.4. The molecule has 0 spiro atoms. The van der Waals surface area contributed by atoms with Crippen LogP contribution in [-0.2, 0) is 13.1 Å². The van der Waals surface area contributed by atoms with Gasteiger partial charge in [0.2, 0.25) is 0 Å². The van der Waals surface area contributed by atoms with Gasteiger partial charge in [-0.2, -0.15) is 5.10 Å². The molecule has 9 heteroatoms. The fraction of sp³-hybridized carbons (Fsp3) is 0.464. The van der Waals surface area contributed by atoms with Gasteiger partial charge in [0.1, 0.15) is 12.4 Å². The highest BCUT2D eigenvalue weighted by Crippen LogP contribution is 2.31. The number of rotatable bonds is 11. The van der Waals surface area contributed by atoms with Crippen LogP contribution in [0.2, 0.25) is 10.0 Å². The zero-order valence-corrected chi connectivity index (χ0v) is 23.0. The molecule has 1 aliphatic heterocycles. The number of hydrogen-bond donors (Lipinski definition) is 1. The maximum Gasteiger partial charge on any atom is 0.161 e. The Balaban J connectivity index is 1.28. The van der Waals surface area contributed by atoms with E-state index in [9.17, 15) is 5.11 Å². The Morgan fingerprint density at radius 1 is 1.03 bits per heavy atom. The van der Waals surface area contributed by atoms with E-state index in [2.05, 4.69) is 22.1 Å². The van der Waals surface area contributed by atoms with E-state index in [1.807, 2.05) is 30.1 Å². The molecule has 1 unspecified atom stereocenters. The molecule has 0 aliphatic carbocycles. The molecule has 1 fully saturated rings.